The highest BCUT2D eigenvalue weighted by molar-refractivity contribution is 9.10. The molecule has 1 N–H and O–H groups in total. The highest BCUT2D eigenvalue weighted by atomic mass is 79.9. The average molecular weight is 359 g/mol. The van der Waals surface area contributed by atoms with Gasteiger partial charge in [0.25, 0.3) is 5.91 Å². The van der Waals surface area contributed by atoms with Gasteiger partial charge in [-0.1, -0.05) is 11.6 Å². The summed E-state index contributed by atoms with van der Waals surface area (Å²) < 4.78 is 18.6. The molecule has 0 aliphatic carbocycles. The molecular formula is C14H10BrClFNO2. The molecule has 0 aliphatic rings. The van der Waals surface area contributed by atoms with Gasteiger partial charge in [0.2, 0.25) is 0 Å². The number of hydrogen-bond donors (Lipinski definition) is 1. The maximum absolute atomic E-state index is 12.9. The van der Waals surface area contributed by atoms with E-state index in [2.05, 4.69) is 21.2 Å². The third-order valence-electron chi connectivity index (χ3n) is 2.60. The minimum absolute atomic E-state index is 0.136. The second-order valence-electron chi connectivity index (χ2n) is 3.92. The molecule has 0 saturated carbocycles. The Morgan fingerprint density at radius 1 is 1.30 bits per heavy atom. The molecule has 20 heavy (non-hydrogen) atoms. The molecule has 0 atom stereocenters. The quantitative estimate of drug-likeness (QED) is 0.877. The van der Waals surface area contributed by atoms with Gasteiger partial charge >= 0.3 is 0 Å². The number of amides is 1. The summed E-state index contributed by atoms with van der Waals surface area (Å²) in [6.07, 6.45) is 0. The van der Waals surface area contributed by atoms with Crippen LogP contribution in [-0.4, -0.2) is 13.0 Å². The van der Waals surface area contributed by atoms with Crippen LogP contribution in [0.1, 0.15) is 10.4 Å². The molecule has 0 aliphatic heterocycles. The van der Waals surface area contributed by atoms with Crippen LogP contribution in [0.25, 0.3) is 0 Å². The third-order valence-corrected chi connectivity index (χ3v) is 3.60. The van der Waals surface area contributed by atoms with Crippen molar-refractivity contribution in [3.63, 3.8) is 0 Å². The fourth-order valence-electron chi connectivity index (χ4n) is 1.59. The van der Waals surface area contributed by atoms with Crippen molar-refractivity contribution in [2.45, 2.75) is 0 Å². The number of ether oxygens (including phenoxy) is 1. The molecular weight excluding hydrogens is 349 g/mol. The molecule has 0 saturated heterocycles. The van der Waals surface area contributed by atoms with E-state index in [9.17, 15) is 9.18 Å². The molecule has 3 nitrogen and oxygen atoms in total. The topological polar surface area (TPSA) is 38.3 Å². The number of nitrogens with one attached hydrogen (secondary N) is 1. The first-order valence-corrected chi connectivity index (χ1v) is 6.78. The lowest BCUT2D eigenvalue weighted by atomic mass is 10.2. The molecule has 0 aromatic heterocycles. The van der Waals surface area contributed by atoms with E-state index in [1.165, 1.54) is 19.2 Å². The van der Waals surface area contributed by atoms with Crippen LogP contribution in [-0.2, 0) is 0 Å². The van der Waals surface area contributed by atoms with Crippen molar-refractivity contribution in [3.05, 3.63) is 57.3 Å². The Morgan fingerprint density at radius 2 is 2.05 bits per heavy atom. The lowest BCUT2D eigenvalue weighted by molar-refractivity contribution is 0.102. The standard InChI is InChI=1S/C14H10BrClFNO2/c1-20-9-3-4-11(15)10(7-9)14(19)18-13-5-2-8(17)6-12(13)16/h2-7H,1H3,(H,18,19). The number of halogens is 3. The van der Waals surface area contributed by atoms with Gasteiger partial charge in [-0.05, 0) is 52.3 Å². The fourth-order valence-corrected chi connectivity index (χ4v) is 2.23. The highest BCUT2D eigenvalue weighted by Gasteiger charge is 2.13. The Hall–Kier alpha value is -1.59. The number of carbonyl (C=O) groups excluding carboxylic acids is 1. The zero-order chi connectivity index (χ0) is 14.7. The van der Waals surface area contributed by atoms with Crippen LogP contribution in [0, 0.1) is 5.82 Å². The van der Waals surface area contributed by atoms with E-state index in [-0.39, 0.29) is 10.9 Å². The number of anilines is 1. The van der Waals surface area contributed by atoms with Crippen molar-refractivity contribution in [1.82, 2.24) is 0 Å². The van der Waals surface area contributed by atoms with Gasteiger partial charge < -0.3 is 10.1 Å². The first-order chi connectivity index (χ1) is 9.51. The molecule has 0 spiro atoms. The predicted octanol–water partition coefficient (Wildman–Crippen LogP) is 4.50. The van der Waals surface area contributed by atoms with Gasteiger partial charge in [-0.2, -0.15) is 0 Å². The molecule has 2 aromatic rings. The van der Waals surface area contributed by atoms with Crippen LogP contribution in [0.2, 0.25) is 5.02 Å². The minimum Gasteiger partial charge on any atom is -0.497 e. The zero-order valence-electron chi connectivity index (χ0n) is 10.4. The summed E-state index contributed by atoms with van der Waals surface area (Å²) in [6.45, 7) is 0. The Balaban J connectivity index is 2.28. The predicted molar refractivity (Wildman–Crippen MR) is 80.1 cm³/mol. The van der Waals surface area contributed by atoms with Crippen LogP contribution in [0.3, 0.4) is 0 Å². The molecule has 2 aromatic carbocycles. The summed E-state index contributed by atoms with van der Waals surface area (Å²) in [5, 5.41) is 2.76. The Labute approximate surface area is 128 Å². The lowest BCUT2D eigenvalue weighted by Gasteiger charge is -2.10. The molecule has 104 valence electrons. The number of carbonyl (C=O) groups is 1. The number of hydrogen-bond acceptors (Lipinski definition) is 2. The van der Waals surface area contributed by atoms with Crippen LogP contribution < -0.4 is 10.1 Å². The van der Waals surface area contributed by atoms with Gasteiger partial charge in [0.1, 0.15) is 11.6 Å². The molecule has 0 unspecified atom stereocenters. The molecule has 0 radical (unpaired) electrons. The molecule has 2 rings (SSSR count). The van der Waals surface area contributed by atoms with E-state index in [1.807, 2.05) is 0 Å². The number of rotatable bonds is 3. The summed E-state index contributed by atoms with van der Waals surface area (Å²) in [5.74, 6) is -0.275. The van der Waals surface area contributed by atoms with Crippen LogP contribution in [0.4, 0.5) is 10.1 Å². The highest BCUT2D eigenvalue weighted by Crippen LogP contribution is 2.26. The van der Waals surface area contributed by atoms with E-state index in [4.69, 9.17) is 16.3 Å². The SMILES string of the molecule is COc1ccc(Br)c(C(=O)Nc2ccc(F)cc2Cl)c1. The maximum atomic E-state index is 12.9. The monoisotopic (exact) mass is 357 g/mol. The van der Waals surface area contributed by atoms with Crippen LogP contribution in [0.5, 0.6) is 5.75 Å². The van der Waals surface area contributed by atoms with Crippen LogP contribution in [0.15, 0.2) is 40.9 Å². The number of benzene rings is 2. The molecule has 0 heterocycles. The van der Waals surface area contributed by atoms with E-state index in [0.29, 0.717) is 21.5 Å². The van der Waals surface area contributed by atoms with Gasteiger partial charge in [0, 0.05) is 4.47 Å². The first kappa shape index (κ1) is 14.8. The second kappa shape index (κ2) is 6.24. The van der Waals surface area contributed by atoms with Gasteiger partial charge in [0.15, 0.2) is 0 Å². The second-order valence-corrected chi connectivity index (χ2v) is 5.19. The average Bonchev–Trinajstić information content (AvgIpc) is 2.42. The van der Waals surface area contributed by atoms with Crippen molar-refractivity contribution < 1.29 is 13.9 Å². The minimum atomic E-state index is -0.462. The first-order valence-electron chi connectivity index (χ1n) is 5.61. The molecule has 0 fully saturated rings. The Morgan fingerprint density at radius 3 is 2.70 bits per heavy atom. The summed E-state index contributed by atoms with van der Waals surface area (Å²) >= 11 is 9.16. The van der Waals surface area contributed by atoms with Crippen molar-refractivity contribution in [2.24, 2.45) is 0 Å². The lowest BCUT2D eigenvalue weighted by Crippen LogP contribution is -2.13. The van der Waals surface area contributed by atoms with E-state index >= 15 is 0 Å². The smallest absolute Gasteiger partial charge is 0.256 e. The van der Waals surface area contributed by atoms with Crippen molar-refractivity contribution in [3.8, 4) is 5.75 Å². The van der Waals surface area contributed by atoms with Gasteiger partial charge in [-0.3, -0.25) is 4.79 Å². The molecule has 1 amide bonds. The van der Waals surface area contributed by atoms with Crippen molar-refractivity contribution >= 4 is 39.1 Å². The Bertz CT molecular complexity index is 664. The summed E-state index contributed by atoms with van der Waals surface area (Å²) in [6, 6.07) is 8.80. The van der Waals surface area contributed by atoms with Gasteiger partial charge in [0.05, 0.1) is 23.4 Å². The zero-order valence-corrected chi connectivity index (χ0v) is 12.8. The van der Waals surface area contributed by atoms with Crippen molar-refractivity contribution in [2.75, 3.05) is 12.4 Å². The maximum Gasteiger partial charge on any atom is 0.256 e. The molecule has 6 heteroatoms. The summed E-state index contributed by atoms with van der Waals surface area (Å²) in [4.78, 5) is 12.2. The normalized spacial score (nSPS) is 10.2. The summed E-state index contributed by atoms with van der Waals surface area (Å²) in [5.41, 5.74) is 0.734. The number of methoxy groups -OCH3 is 1. The van der Waals surface area contributed by atoms with Gasteiger partial charge in [-0.25, -0.2) is 4.39 Å². The fraction of sp³-hybridized carbons (Fsp3) is 0.0714. The largest absolute Gasteiger partial charge is 0.497 e. The Kier molecular flexibility index (Phi) is 4.62. The third kappa shape index (κ3) is 3.29. The van der Waals surface area contributed by atoms with Crippen LogP contribution >= 0.6 is 27.5 Å². The van der Waals surface area contributed by atoms with E-state index in [1.54, 1.807) is 18.2 Å². The molecule has 0 bridgehead atoms. The summed E-state index contributed by atoms with van der Waals surface area (Å²) in [7, 11) is 1.52. The van der Waals surface area contributed by atoms with E-state index < -0.39 is 5.82 Å². The van der Waals surface area contributed by atoms with E-state index in [0.717, 1.165) is 6.07 Å². The van der Waals surface area contributed by atoms with Gasteiger partial charge in [-0.15, -0.1) is 0 Å². The van der Waals surface area contributed by atoms with Crippen molar-refractivity contribution in [1.29, 1.82) is 0 Å².